The van der Waals surface area contributed by atoms with Crippen molar-refractivity contribution in [2.75, 3.05) is 18.6 Å². The normalized spacial score (nSPS) is 23.9. The van der Waals surface area contributed by atoms with Gasteiger partial charge in [0.15, 0.2) is 10.9 Å². The van der Waals surface area contributed by atoms with E-state index in [4.69, 9.17) is 37.2 Å². The SMILES string of the molecule is COC(=O)c1cc(F)c2nc(N3C[C@H]4CC3[C@@](C)(OCc3c(-c5c(Cl)cccc5Cl)noc3C3CC3)C4)sc2c1. The van der Waals surface area contributed by atoms with Crippen LogP contribution in [-0.2, 0) is 16.1 Å². The lowest BCUT2D eigenvalue weighted by molar-refractivity contribution is -0.0576. The third kappa shape index (κ3) is 4.29. The fourth-order valence-corrected chi connectivity index (χ4v) is 8.00. The molecule has 3 heterocycles. The lowest BCUT2D eigenvalue weighted by Crippen LogP contribution is -2.50. The van der Waals surface area contributed by atoms with Crippen molar-refractivity contribution in [2.24, 2.45) is 5.92 Å². The number of halogens is 3. The maximum atomic E-state index is 14.9. The van der Waals surface area contributed by atoms with Gasteiger partial charge < -0.3 is 18.9 Å². The van der Waals surface area contributed by atoms with Gasteiger partial charge in [0.25, 0.3) is 0 Å². The highest BCUT2D eigenvalue weighted by Gasteiger charge is 2.54. The van der Waals surface area contributed by atoms with Crippen LogP contribution >= 0.6 is 34.5 Å². The molecule has 0 amide bonds. The lowest BCUT2D eigenvalue weighted by atomic mass is 9.94. The van der Waals surface area contributed by atoms with Crippen LogP contribution in [0.3, 0.4) is 0 Å². The molecular weight excluding hydrogens is 576 g/mol. The summed E-state index contributed by atoms with van der Waals surface area (Å²) in [4.78, 5) is 18.9. The highest BCUT2D eigenvalue weighted by atomic mass is 35.5. The van der Waals surface area contributed by atoms with E-state index in [0.717, 1.165) is 48.7 Å². The van der Waals surface area contributed by atoms with Gasteiger partial charge in [0.2, 0.25) is 0 Å². The Morgan fingerprint density at radius 1 is 1.27 bits per heavy atom. The molecule has 7 rings (SSSR count). The van der Waals surface area contributed by atoms with Crippen LogP contribution in [0.2, 0.25) is 10.0 Å². The molecule has 1 aliphatic heterocycles. The molecule has 2 aromatic carbocycles. The topological polar surface area (TPSA) is 77.7 Å². The number of thiazole rings is 1. The molecule has 11 heteroatoms. The van der Waals surface area contributed by atoms with Gasteiger partial charge in [-0.2, -0.15) is 0 Å². The Balaban J connectivity index is 1.18. The standard InChI is InChI=1S/C29H26Cl2FN3O4S/c1-29(38-13-17-24(34-39-26(17)15-6-7-15)23-18(30)4-3-5-19(23)31)11-14-8-22(29)35(12-14)28-33-25-20(32)9-16(27(36)37-2)10-21(25)40-28/h3-5,9-10,14-15,22H,6-8,11-13H2,1-2H3/t14-,22?,29-/m0/s1. The predicted molar refractivity (Wildman–Crippen MR) is 152 cm³/mol. The van der Waals surface area contributed by atoms with Crippen molar-refractivity contribution in [2.45, 2.75) is 56.8 Å². The molecule has 0 radical (unpaired) electrons. The van der Waals surface area contributed by atoms with E-state index in [1.54, 1.807) is 24.3 Å². The van der Waals surface area contributed by atoms with E-state index in [-0.39, 0.29) is 17.1 Å². The number of rotatable bonds is 7. The molecule has 0 spiro atoms. The molecule has 0 N–H and O–H groups in total. The second-order valence-electron chi connectivity index (χ2n) is 11.1. The first kappa shape index (κ1) is 26.2. The zero-order valence-electron chi connectivity index (χ0n) is 21.9. The molecule has 3 atom stereocenters. The van der Waals surface area contributed by atoms with Crippen LogP contribution in [0.4, 0.5) is 9.52 Å². The summed E-state index contributed by atoms with van der Waals surface area (Å²) in [7, 11) is 1.28. The highest BCUT2D eigenvalue weighted by Crippen LogP contribution is 2.51. The fraction of sp³-hybridized carbons (Fsp3) is 0.414. The minimum absolute atomic E-state index is 0.0674. The summed E-state index contributed by atoms with van der Waals surface area (Å²) in [5.74, 6) is 0.499. The van der Waals surface area contributed by atoms with Crippen molar-refractivity contribution in [3.63, 3.8) is 0 Å². The van der Waals surface area contributed by atoms with Crippen LogP contribution in [0.5, 0.6) is 0 Å². The van der Waals surface area contributed by atoms with Crippen LogP contribution < -0.4 is 4.90 Å². The Labute approximate surface area is 244 Å². The molecule has 3 aliphatic rings. The zero-order chi connectivity index (χ0) is 27.8. The largest absolute Gasteiger partial charge is 0.465 e. The van der Waals surface area contributed by atoms with Crippen molar-refractivity contribution in [3.05, 3.63) is 63.1 Å². The number of nitrogens with zero attached hydrogens (tertiary/aromatic N) is 3. The smallest absolute Gasteiger partial charge is 0.338 e. The number of ether oxygens (including phenoxy) is 2. The summed E-state index contributed by atoms with van der Waals surface area (Å²) in [6.45, 7) is 3.28. The van der Waals surface area contributed by atoms with E-state index in [1.807, 2.05) is 0 Å². The summed E-state index contributed by atoms with van der Waals surface area (Å²) >= 11 is 14.5. The lowest BCUT2D eigenvalue weighted by Gasteiger charge is -2.41. The number of hydrogen-bond acceptors (Lipinski definition) is 8. The Hall–Kier alpha value is -2.72. The van der Waals surface area contributed by atoms with Gasteiger partial charge >= 0.3 is 5.97 Å². The number of carbonyl (C=O) groups is 1. The molecule has 2 bridgehead atoms. The Morgan fingerprint density at radius 3 is 2.75 bits per heavy atom. The molecule has 4 aromatic rings. The average Bonchev–Trinajstić information content (AvgIpc) is 3.25. The Kier molecular flexibility index (Phi) is 6.34. The van der Waals surface area contributed by atoms with Crippen molar-refractivity contribution >= 4 is 55.9 Å². The number of benzene rings is 2. The number of methoxy groups -OCH3 is 1. The Bertz CT molecular complexity index is 1630. The number of esters is 1. The average molecular weight is 603 g/mol. The van der Waals surface area contributed by atoms with Crippen LogP contribution in [-0.4, -0.2) is 41.4 Å². The van der Waals surface area contributed by atoms with Gasteiger partial charge in [0.05, 0.1) is 45.7 Å². The van der Waals surface area contributed by atoms with Crippen molar-refractivity contribution in [3.8, 4) is 11.3 Å². The first-order valence-electron chi connectivity index (χ1n) is 13.3. The summed E-state index contributed by atoms with van der Waals surface area (Å²) in [6.07, 6.45) is 3.98. The van der Waals surface area contributed by atoms with Crippen molar-refractivity contribution in [1.82, 2.24) is 10.1 Å². The highest BCUT2D eigenvalue weighted by molar-refractivity contribution is 7.22. The van der Waals surface area contributed by atoms with Gasteiger partial charge in [-0.05, 0) is 62.8 Å². The second-order valence-corrected chi connectivity index (χ2v) is 12.9. The summed E-state index contributed by atoms with van der Waals surface area (Å²) in [6, 6.07) is 8.29. The van der Waals surface area contributed by atoms with Crippen molar-refractivity contribution in [1.29, 1.82) is 0 Å². The quantitative estimate of drug-likeness (QED) is 0.201. The van der Waals surface area contributed by atoms with Gasteiger partial charge in [-0.1, -0.05) is 45.8 Å². The monoisotopic (exact) mass is 601 g/mol. The third-order valence-corrected chi connectivity index (χ3v) is 10.1. The summed E-state index contributed by atoms with van der Waals surface area (Å²) < 4.78 is 32.8. The summed E-state index contributed by atoms with van der Waals surface area (Å²) in [5, 5.41) is 6.15. The minimum Gasteiger partial charge on any atom is -0.465 e. The first-order valence-corrected chi connectivity index (χ1v) is 14.8. The van der Waals surface area contributed by atoms with E-state index in [2.05, 4.69) is 22.0 Å². The van der Waals surface area contributed by atoms with Crippen LogP contribution in [0.25, 0.3) is 21.5 Å². The molecule has 40 heavy (non-hydrogen) atoms. The van der Waals surface area contributed by atoms with Gasteiger partial charge in [-0.3, -0.25) is 0 Å². The second kappa shape index (κ2) is 9.69. The molecule has 2 aliphatic carbocycles. The molecule has 7 nitrogen and oxygen atoms in total. The molecule has 208 valence electrons. The maximum Gasteiger partial charge on any atom is 0.338 e. The van der Waals surface area contributed by atoms with Crippen LogP contribution in [0.15, 0.2) is 34.9 Å². The first-order chi connectivity index (χ1) is 19.3. The number of fused-ring (bicyclic) bond motifs is 3. The van der Waals surface area contributed by atoms with Gasteiger partial charge in [0, 0.05) is 23.6 Å². The van der Waals surface area contributed by atoms with Crippen LogP contribution in [0, 0.1) is 11.7 Å². The number of hydrogen-bond donors (Lipinski definition) is 0. The summed E-state index contributed by atoms with van der Waals surface area (Å²) in [5.41, 5.74) is 2.15. The molecule has 3 fully saturated rings. The van der Waals surface area contributed by atoms with E-state index in [1.165, 1.54) is 24.5 Å². The van der Waals surface area contributed by atoms with E-state index in [0.29, 0.717) is 44.4 Å². The zero-order valence-corrected chi connectivity index (χ0v) is 24.2. The van der Waals surface area contributed by atoms with Gasteiger partial charge in [-0.25, -0.2) is 14.2 Å². The van der Waals surface area contributed by atoms with Gasteiger partial charge in [-0.15, -0.1) is 0 Å². The van der Waals surface area contributed by atoms with E-state index < -0.39 is 17.4 Å². The molecule has 2 saturated carbocycles. The number of anilines is 1. The molecule has 2 aromatic heterocycles. The van der Waals surface area contributed by atoms with Crippen molar-refractivity contribution < 1.29 is 23.2 Å². The number of carbonyl (C=O) groups excluding carboxylic acids is 1. The number of piperidine rings is 1. The minimum atomic E-state index is -0.575. The van der Waals surface area contributed by atoms with Gasteiger partial charge in [0.1, 0.15) is 17.0 Å². The molecule has 1 unspecified atom stereocenters. The Morgan fingerprint density at radius 2 is 2.05 bits per heavy atom. The maximum absolute atomic E-state index is 14.9. The van der Waals surface area contributed by atoms with E-state index >= 15 is 0 Å². The third-order valence-electron chi connectivity index (χ3n) is 8.40. The fourth-order valence-electron chi connectivity index (χ4n) is 6.35. The molecule has 1 saturated heterocycles. The predicted octanol–water partition coefficient (Wildman–Crippen LogP) is 7.64. The molecular formula is C29H26Cl2FN3O4S. The van der Waals surface area contributed by atoms with E-state index in [9.17, 15) is 9.18 Å². The number of aromatic nitrogens is 2. The van der Waals surface area contributed by atoms with Crippen LogP contribution in [0.1, 0.15) is 60.2 Å².